The molecule has 3 aromatic rings. The molecular formula is C26H27NO4Si. The summed E-state index contributed by atoms with van der Waals surface area (Å²) in [7, 11) is -2.07. The molecule has 1 amide bonds. The van der Waals surface area contributed by atoms with Gasteiger partial charge in [-0.15, -0.1) is 0 Å². The van der Waals surface area contributed by atoms with Crippen molar-refractivity contribution in [3.05, 3.63) is 90.0 Å². The molecule has 0 heterocycles. The molecule has 0 radical (unpaired) electrons. The first-order chi connectivity index (χ1) is 15.4. The van der Waals surface area contributed by atoms with Crippen LogP contribution in [0.1, 0.15) is 17.0 Å². The standard InChI is InChI=1S/C26H27NO4Si/c1-32(2,18-10-4-3-5-11-18)17-24(25(28)29)27-26(30)31-16-23-21-14-8-6-12-19(21)20-13-7-9-15-22(20)23/h3-15,23-24H,16-17H2,1-2H3,(H,27,30)(H,28,29)/t24-/m0/s1. The van der Waals surface area contributed by atoms with Crippen molar-refractivity contribution < 1.29 is 19.4 Å². The summed E-state index contributed by atoms with van der Waals surface area (Å²) in [4.78, 5) is 24.5. The highest BCUT2D eigenvalue weighted by atomic mass is 28.3. The van der Waals surface area contributed by atoms with Crippen molar-refractivity contribution >= 4 is 25.3 Å². The van der Waals surface area contributed by atoms with Crippen LogP contribution in [0, 0.1) is 0 Å². The largest absolute Gasteiger partial charge is 0.480 e. The zero-order valence-electron chi connectivity index (χ0n) is 18.2. The van der Waals surface area contributed by atoms with Crippen molar-refractivity contribution in [1.29, 1.82) is 0 Å². The van der Waals surface area contributed by atoms with Gasteiger partial charge in [0.05, 0.1) is 8.07 Å². The fraction of sp³-hybridized carbons (Fsp3) is 0.231. The minimum atomic E-state index is -2.07. The Labute approximate surface area is 189 Å². The smallest absolute Gasteiger partial charge is 0.407 e. The molecule has 5 nitrogen and oxygen atoms in total. The maximum absolute atomic E-state index is 12.6. The summed E-state index contributed by atoms with van der Waals surface area (Å²) in [5.74, 6) is -1.11. The molecule has 1 aliphatic carbocycles. The van der Waals surface area contributed by atoms with E-state index in [-0.39, 0.29) is 12.5 Å². The number of benzene rings is 3. The van der Waals surface area contributed by atoms with Crippen LogP contribution in [-0.2, 0) is 9.53 Å². The van der Waals surface area contributed by atoms with E-state index in [9.17, 15) is 14.7 Å². The van der Waals surface area contributed by atoms with Gasteiger partial charge in [0.25, 0.3) is 0 Å². The number of aliphatic carboxylic acids is 1. The SMILES string of the molecule is C[Si](C)(C[C@H](NC(=O)OCC1c2ccccc2-c2ccccc21)C(=O)O)c1ccccc1. The summed E-state index contributed by atoms with van der Waals surface area (Å²) < 4.78 is 5.54. The van der Waals surface area contributed by atoms with Crippen LogP contribution >= 0.6 is 0 Å². The number of carboxylic acid groups (broad SMARTS) is 1. The second-order valence-corrected chi connectivity index (χ2v) is 13.6. The molecule has 3 aromatic carbocycles. The third-order valence-corrected chi connectivity index (χ3v) is 9.53. The lowest BCUT2D eigenvalue weighted by Gasteiger charge is -2.27. The highest BCUT2D eigenvalue weighted by Crippen LogP contribution is 2.44. The van der Waals surface area contributed by atoms with Crippen LogP contribution in [0.25, 0.3) is 11.1 Å². The van der Waals surface area contributed by atoms with Crippen molar-refractivity contribution in [2.45, 2.75) is 31.1 Å². The van der Waals surface area contributed by atoms with Gasteiger partial charge in [-0.1, -0.05) is 97.1 Å². The Balaban J connectivity index is 1.43. The summed E-state index contributed by atoms with van der Waals surface area (Å²) in [6.07, 6.45) is -0.697. The van der Waals surface area contributed by atoms with Crippen molar-refractivity contribution in [3.63, 3.8) is 0 Å². The Morgan fingerprint density at radius 2 is 1.44 bits per heavy atom. The van der Waals surface area contributed by atoms with Gasteiger partial charge in [-0.05, 0) is 28.3 Å². The molecule has 0 aliphatic heterocycles. The van der Waals surface area contributed by atoms with E-state index >= 15 is 0 Å². The number of hydrogen-bond acceptors (Lipinski definition) is 3. The highest BCUT2D eigenvalue weighted by Gasteiger charge is 2.33. The monoisotopic (exact) mass is 445 g/mol. The predicted molar refractivity (Wildman–Crippen MR) is 128 cm³/mol. The van der Waals surface area contributed by atoms with Crippen molar-refractivity contribution in [1.82, 2.24) is 5.32 Å². The number of carboxylic acids is 1. The van der Waals surface area contributed by atoms with E-state index in [2.05, 4.69) is 42.7 Å². The summed E-state index contributed by atoms with van der Waals surface area (Å²) in [6, 6.07) is 25.5. The minimum Gasteiger partial charge on any atom is -0.480 e. The average Bonchev–Trinajstić information content (AvgIpc) is 3.11. The van der Waals surface area contributed by atoms with E-state index in [1.807, 2.05) is 54.6 Å². The van der Waals surface area contributed by atoms with Crippen LogP contribution in [0.4, 0.5) is 4.79 Å². The quantitative estimate of drug-likeness (QED) is 0.522. The molecule has 0 spiro atoms. The van der Waals surface area contributed by atoms with Crippen molar-refractivity contribution in [3.8, 4) is 11.1 Å². The molecule has 1 atom stereocenters. The number of nitrogens with one attached hydrogen (secondary N) is 1. The van der Waals surface area contributed by atoms with Crippen LogP contribution in [0.2, 0.25) is 19.1 Å². The number of rotatable bonds is 7. The number of hydrogen-bond donors (Lipinski definition) is 2. The van der Waals surface area contributed by atoms with Gasteiger partial charge in [0.1, 0.15) is 12.6 Å². The summed E-state index contributed by atoms with van der Waals surface area (Å²) in [5.41, 5.74) is 4.54. The van der Waals surface area contributed by atoms with E-state index < -0.39 is 26.2 Å². The van der Waals surface area contributed by atoms with E-state index in [0.29, 0.717) is 6.04 Å². The Morgan fingerprint density at radius 3 is 2.00 bits per heavy atom. The van der Waals surface area contributed by atoms with E-state index in [1.165, 1.54) is 0 Å². The highest BCUT2D eigenvalue weighted by molar-refractivity contribution is 6.90. The maximum atomic E-state index is 12.6. The molecule has 0 unspecified atom stereocenters. The normalized spacial score (nSPS) is 13.7. The molecular weight excluding hydrogens is 418 g/mol. The molecule has 32 heavy (non-hydrogen) atoms. The summed E-state index contributed by atoms with van der Waals surface area (Å²) in [5, 5.41) is 13.5. The van der Waals surface area contributed by atoms with Crippen molar-refractivity contribution in [2.24, 2.45) is 0 Å². The average molecular weight is 446 g/mol. The molecule has 6 heteroatoms. The molecule has 4 rings (SSSR count). The third-order valence-electron chi connectivity index (χ3n) is 6.20. The molecule has 0 bridgehead atoms. The number of carbonyl (C=O) groups is 2. The molecule has 2 N–H and O–H groups in total. The van der Waals surface area contributed by atoms with Gasteiger partial charge >= 0.3 is 12.1 Å². The van der Waals surface area contributed by atoms with E-state index in [4.69, 9.17) is 4.74 Å². The van der Waals surface area contributed by atoms with Crippen LogP contribution in [0.15, 0.2) is 78.9 Å². The number of fused-ring (bicyclic) bond motifs is 3. The molecule has 0 fully saturated rings. The Kier molecular flexibility index (Phi) is 6.14. The van der Waals surface area contributed by atoms with Crippen LogP contribution in [0.3, 0.4) is 0 Å². The first kappa shape index (κ1) is 21.8. The van der Waals surface area contributed by atoms with Crippen LogP contribution < -0.4 is 10.5 Å². The fourth-order valence-electron chi connectivity index (χ4n) is 4.50. The van der Waals surface area contributed by atoms with Gasteiger partial charge in [-0.2, -0.15) is 0 Å². The van der Waals surface area contributed by atoms with Gasteiger partial charge in [0.2, 0.25) is 0 Å². The molecule has 0 aromatic heterocycles. The van der Waals surface area contributed by atoms with Gasteiger partial charge < -0.3 is 15.2 Å². The molecule has 0 saturated heterocycles. The van der Waals surface area contributed by atoms with Crippen LogP contribution in [-0.4, -0.2) is 37.9 Å². The lowest BCUT2D eigenvalue weighted by molar-refractivity contribution is -0.138. The van der Waals surface area contributed by atoms with E-state index in [1.54, 1.807) is 0 Å². The summed E-state index contributed by atoms with van der Waals surface area (Å²) in [6.45, 7) is 4.38. The fourth-order valence-corrected chi connectivity index (χ4v) is 7.13. The number of carbonyl (C=O) groups excluding carboxylic acids is 1. The summed E-state index contributed by atoms with van der Waals surface area (Å²) >= 11 is 0. The second-order valence-electron chi connectivity index (χ2n) is 8.81. The van der Waals surface area contributed by atoms with Gasteiger partial charge in [0, 0.05) is 5.92 Å². The minimum absolute atomic E-state index is 0.0634. The number of ether oxygens (including phenoxy) is 1. The van der Waals surface area contributed by atoms with Gasteiger partial charge in [-0.25, -0.2) is 4.79 Å². The van der Waals surface area contributed by atoms with Crippen molar-refractivity contribution in [2.75, 3.05) is 6.61 Å². The Hall–Kier alpha value is -3.38. The zero-order chi connectivity index (χ0) is 22.7. The molecule has 1 aliphatic rings. The topological polar surface area (TPSA) is 75.6 Å². The van der Waals surface area contributed by atoms with E-state index in [0.717, 1.165) is 27.4 Å². The first-order valence-electron chi connectivity index (χ1n) is 10.8. The first-order valence-corrected chi connectivity index (χ1v) is 14.0. The lowest BCUT2D eigenvalue weighted by Crippen LogP contribution is -2.51. The predicted octanol–water partition coefficient (Wildman–Crippen LogP) is 4.59. The third kappa shape index (κ3) is 4.45. The van der Waals surface area contributed by atoms with Gasteiger partial charge in [-0.3, -0.25) is 4.79 Å². The zero-order valence-corrected chi connectivity index (χ0v) is 19.2. The lowest BCUT2D eigenvalue weighted by atomic mass is 9.98. The number of amides is 1. The van der Waals surface area contributed by atoms with Gasteiger partial charge in [0.15, 0.2) is 0 Å². The van der Waals surface area contributed by atoms with Crippen LogP contribution in [0.5, 0.6) is 0 Å². The Bertz CT molecular complexity index is 1080. The second kappa shape index (κ2) is 9.00. The Morgan fingerprint density at radius 1 is 0.906 bits per heavy atom. The molecule has 164 valence electrons. The number of alkyl carbamates (subject to hydrolysis) is 1. The molecule has 0 saturated carbocycles. The maximum Gasteiger partial charge on any atom is 0.407 e.